The summed E-state index contributed by atoms with van der Waals surface area (Å²) in [6.45, 7) is 0. The molecule has 2 fully saturated rings. The Morgan fingerprint density at radius 2 is 2.18 bits per heavy atom. The summed E-state index contributed by atoms with van der Waals surface area (Å²) in [7, 11) is -3.05. The van der Waals surface area contributed by atoms with Gasteiger partial charge in [-0.25, -0.2) is 18.2 Å². The van der Waals surface area contributed by atoms with Gasteiger partial charge < -0.3 is 5.32 Å². The molecule has 1 aromatic heterocycles. The Morgan fingerprint density at radius 3 is 2.88 bits per heavy atom. The number of carbonyl (C=O) groups excluding carboxylic acids is 1. The second-order valence-electron chi connectivity index (χ2n) is 4.26. The van der Waals surface area contributed by atoms with E-state index >= 15 is 0 Å². The minimum Gasteiger partial charge on any atom is -0.332 e. The molecule has 1 aromatic rings. The van der Waals surface area contributed by atoms with Crippen molar-refractivity contribution < 1.29 is 13.2 Å². The molecule has 0 radical (unpaired) electrons. The maximum atomic E-state index is 11.8. The Labute approximate surface area is 98.6 Å². The van der Waals surface area contributed by atoms with E-state index in [9.17, 15) is 13.2 Å². The summed E-state index contributed by atoms with van der Waals surface area (Å²) in [5, 5.41) is 2.69. The number of anilines is 1. The molecule has 0 bridgehead atoms. The third kappa shape index (κ3) is 1.66. The highest BCUT2D eigenvalue weighted by Crippen LogP contribution is 2.27. The van der Waals surface area contributed by atoms with Crippen molar-refractivity contribution in [1.29, 1.82) is 0 Å². The van der Waals surface area contributed by atoms with Crippen LogP contribution in [0.4, 0.5) is 10.6 Å². The van der Waals surface area contributed by atoms with Crippen molar-refractivity contribution in [2.24, 2.45) is 0 Å². The molecule has 0 spiro atoms. The molecule has 0 unspecified atom stereocenters. The van der Waals surface area contributed by atoms with Gasteiger partial charge in [-0.3, -0.25) is 4.90 Å². The van der Waals surface area contributed by atoms with Gasteiger partial charge in [0.25, 0.3) is 0 Å². The van der Waals surface area contributed by atoms with E-state index in [1.165, 1.54) is 4.90 Å². The van der Waals surface area contributed by atoms with E-state index in [1.54, 1.807) is 24.4 Å². The van der Waals surface area contributed by atoms with Crippen LogP contribution in [-0.4, -0.2) is 43.0 Å². The van der Waals surface area contributed by atoms with Gasteiger partial charge in [0.05, 0.1) is 23.6 Å². The molecule has 2 atom stereocenters. The molecule has 1 N–H and O–H groups in total. The Hall–Kier alpha value is -1.63. The number of nitrogens with one attached hydrogen (secondary N) is 1. The van der Waals surface area contributed by atoms with Crippen molar-refractivity contribution in [2.45, 2.75) is 12.1 Å². The van der Waals surface area contributed by atoms with Gasteiger partial charge in [0.15, 0.2) is 9.84 Å². The van der Waals surface area contributed by atoms with Crippen LogP contribution in [0.15, 0.2) is 24.4 Å². The van der Waals surface area contributed by atoms with Crippen LogP contribution >= 0.6 is 0 Å². The topological polar surface area (TPSA) is 79.4 Å². The highest BCUT2D eigenvalue weighted by Gasteiger charge is 2.49. The third-order valence-electron chi connectivity index (χ3n) is 3.08. The maximum absolute atomic E-state index is 11.8. The first-order valence-electron chi connectivity index (χ1n) is 5.28. The van der Waals surface area contributed by atoms with Crippen LogP contribution in [0.25, 0.3) is 0 Å². The molecule has 0 aromatic carbocycles. The molecule has 7 heteroatoms. The largest absolute Gasteiger partial charge is 0.332 e. The van der Waals surface area contributed by atoms with Crippen LogP contribution in [0.1, 0.15) is 0 Å². The summed E-state index contributed by atoms with van der Waals surface area (Å²) < 4.78 is 23.1. The summed E-state index contributed by atoms with van der Waals surface area (Å²) in [6, 6.07) is 4.31. The molecule has 2 aliphatic heterocycles. The number of rotatable bonds is 1. The summed E-state index contributed by atoms with van der Waals surface area (Å²) in [4.78, 5) is 17.3. The molecule has 3 rings (SSSR count). The van der Waals surface area contributed by atoms with Gasteiger partial charge in [-0.05, 0) is 12.1 Å². The molecule has 2 saturated heterocycles. The fourth-order valence-electron chi connectivity index (χ4n) is 2.37. The lowest BCUT2D eigenvalue weighted by Gasteiger charge is -2.19. The van der Waals surface area contributed by atoms with Crippen LogP contribution in [0, 0.1) is 0 Å². The molecule has 2 aliphatic rings. The monoisotopic (exact) mass is 253 g/mol. The lowest BCUT2D eigenvalue weighted by Crippen LogP contribution is -2.37. The minimum absolute atomic E-state index is 0.00693. The van der Waals surface area contributed by atoms with E-state index in [0.29, 0.717) is 5.82 Å². The number of hydrogen-bond donors (Lipinski definition) is 1. The van der Waals surface area contributed by atoms with Crippen molar-refractivity contribution in [3.8, 4) is 0 Å². The molecule has 17 heavy (non-hydrogen) atoms. The van der Waals surface area contributed by atoms with Crippen molar-refractivity contribution in [3.05, 3.63) is 24.4 Å². The van der Waals surface area contributed by atoms with Gasteiger partial charge in [0.1, 0.15) is 5.82 Å². The fraction of sp³-hybridized carbons (Fsp3) is 0.400. The molecule has 6 nitrogen and oxygen atoms in total. The van der Waals surface area contributed by atoms with E-state index in [1.807, 2.05) is 0 Å². The highest BCUT2D eigenvalue weighted by atomic mass is 32.2. The second-order valence-corrected chi connectivity index (χ2v) is 6.41. The zero-order valence-electron chi connectivity index (χ0n) is 8.91. The first-order chi connectivity index (χ1) is 8.07. The average molecular weight is 253 g/mol. The number of nitrogens with zero attached hydrogens (tertiary/aromatic N) is 2. The molecule has 90 valence electrons. The Balaban J connectivity index is 1.98. The quantitative estimate of drug-likeness (QED) is 0.702. The lowest BCUT2D eigenvalue weighted by atomic mass is 10.2. The molecule has 0 aliphatic carbocycles. The predicted octanol–water partition coefficient (Wildman–Crippen LogP) is -0.223. The molecule has 0 saturated carbocycles. The van der Waals surface area contributed by atoms with Gasteiger partial charge in [-0.2, -0.15) is 0 Å². The number of aromatic nitrogens is 1. The van der Waals surface area contributed by atoms with Crippen LogP contribution in [0.2, 0.25) is 0 Å². The molecular weight excluding hydrogens is 242 g/mol. The fourth-order valence-corrected chi connectivity index (χ4v) is 4.26. The van der Waals surface area contributed by atoms with E-state index in [2.05, 4.69) is 10.3 Å². The van der Waals surface area contributed by atoms with E-state index < -0.39 is 9.84 Å². The molecule has 2 amide bonds. The van der Waals surface area contributed by atoms with E-state index in [-0.39, 0.29) is 29.6 Å². The van der Waals surface area contributed by atoms with Gasteiger partial charge in [-0.15, -0.1) is 0 Å². The van der Waals surface area contributed by atoms with Crippen molar-refractivity contribution >= 4 is 21.7 Å². The average Bonchev–Trinajstić information content (AvgIpc) is 2.69. The molecule has 3 heterocycles. The number of fused-ring (bicyclic) bond motifs is 1. The van der Waals surface area contributed by atoms with Gasteiger partial charge >= 0.3 is 6.03 Å². The third-order valence-corrected chi connectivity index (χ3v) is 4.79. The van der Waals surface area contributed by atoms with E-state index in [4.69, 9.17) is 0 Å². The summed E-state index contributed by atoms with van der Waals surface area (Å²) in [6.07, 6.45) is 1.58. The van der Waals surface area contributed by atoms with Crippen LogP contribution in [0.3, 0.4) is 0 Å². The van der Waals surface area contributed by atoms with Crippen LogP contribution in [0.5, 0.6) is 0 Å². The first kappa shape index (κ1) is 10.5. The minimum atomic E-state index is -3.05. The Morgan fingerprint density at radius 1 is 1.35 bits per heavy atom. The van der Waals surface area contributed by atoms with E-state index in [0.717, 1.165) is 0 Å². The SMILES string of the molecule is O=C1N[C@H]2CS(=O)(=O)C[C@@H]2N1c1ccccn1. The first-order valence-corrected chi connectivity index (χ1v) is 7.10. The number of pyridine rings is 1. The van der Waals surface area contributed by atoms with Crippen molar-refractivity contribution in [2.75, 3.05) is 16.4 Å². The lowest BCUT2D eigenvalue weighted by molar-refractivity contribution is 0.251. The van der Waals surface area contributed by atoms with Gasteiger partial charge in [0, 0.05) is 6.20 Å². The number of amides is 2. The van der Waals surface area contributed by atoms with Crippen molar-refractivity contribution in [3.63, 3.8) is 0 Å². The molecular formula is C10H11N3O3S. The van der Waals surface area contributed by atoms with Gasteiger partial charge in [-0.1, -0.05) is 6.07 Å². The smallest absolute Gasteiger partial charge is 0.323 e. The zero-order chi connectivity index (χ0) is 12.0. The number of sulfone groups is 1. The normalized spacial score (nSPS) is 30.1. The number of carbonyl (C=O) groups is 1. The number of urea groups is 1. The zero-order valence-corrected chi connectivity index (χ0v) is 9.72. The van der Waals surface area contributed by atoms with Gasteiger partial charge in [0.2, 0.25) is 0 Å². The standard InChI is InChI=1S/C10H11N3O3S/c14-10-12-7-5-17(15,16)6-8(7)13(10)9-3-1-2-4-11-9/h1-4,7-8H,5-6H2,(H,12,14)/t7-,8-/m0/s1. The van der Waals surface area contributed by atoms with Crippen LogP contribution < -0.4 is 10.2 Å². The van der Waals surface area contributed by atoms with Crippen molar-refractivity contribution in [1.82, 2.24) is 10.3 Å². The maximum Gasteiger partial charge on any atom is 0.323 e. The summed E-state index contributed by atoms with van der Waals surface area (Å²) >= 11 is 0. The second kappa shape index (κ2) is 3.43. The predicted molar refractivity (Wildman–Crippen MR) is 61.5 cm³/mol. The number of hydrogen-bond acceptors (Lipinski definition) is 4. The Kier molecular flexibility index (Phi) is 2.12. The highest BCUT2D eigenvalue weighted by molar-refractivity contribution is 7.91. The Bertz CT molecular complexity index is 557. The van der Waals surface area contributed by atoms with Crippen LogP contribution in [-0.2, 0) is 9.84 Å². The summed E-state index contributed by atoms with van der Waals surface area (Å²) in [5.41, 5.74) is 0. The summed E-state index contributed by atoms with van der Waals surface area (Å²) in [5.74, 6) is 0.523.